The average molecular weight is 406 g/mol. The molecule has 28 heavy (non-hydrogen) atoms. The summed E-state index contributed by atoms with van der Waals surface area (Å²) in [5.74, 6) is 0.406. The number of rotatable bonds is 5. The van der Waals surface area contributed by atoms with Gasteiger partial charge in [0.2, 0.25) is 5.91 Å². The molecule has 152 valence electrons. The summed E-state index contributed by atoms with van der Waals surface area (Å²) in [7, 11) is 1.91. The summed E-state index contributed by atoms with van der Waals surface area (Å²) in [5.41, 5.74) is 1.28. The predicted octanol–water partition coefficient (Wildman–Crippen LogP) is 2.95. The predicted molar refractivity (Wildman–Crippen MR) is 107 cm³/mol. The molecule has 1 saturated heterocycles. The minimum atomic E-state index is -0.136. The van der Waals surface area contributed by atoms with Gasteiger partial charge in [0, 0.05) is 37.2 Å². The molecule has 1 aromatic carbocycles. The summed E-state index contributed by atoms with van der Waals surface area (Å²) in [6.45, 7) is 1.90. The number of carbonyl (C=O) groups is 2. The van der Waals surface area contributed by atoms with Crippen molar-refractivity contribution < 1.29 is 14.3 Å². The lowest BCUT2D eigenvalue weighted by Crippen LogP contribution is -2.59. The Morgan fingerprint density at radius 1 is 1.21 bits per heavy atom. The third kappa shape index (κ3) is 4.13. The molecule has 2 aliphatic carbocycles. The van der Waals surface area contributed by atoms with E-state index in [2.05, 4.69) is 10.6 Å². The zero-order valence-electron chi connectivity index (χ0n) is 16.2. The molecule has 0 aromatic heterocycles. The largest absolute Gasteiger partial charge is 0.379 e. The maximum Gasteiger partial charge on any atom is 0.315 e. The van der Waals surface area contributed by atoms with Crippen LogP contribution >= 0.6 is 11.6 Å². The molecule has 0 unspecified atom stereocenters. The van der Waals surface area contributed by atoms with E-state index in [9.17, 15) is 9.59 Å². The minimum Gasteiger partial charge on any atom is -0.379 e. The fourth-order valence-electron chi connectivity index (χ4n) is 4.90. The van der Waals surface area contributed by atoms with E-state index < -0.39 is 0 Å². The Bertz CT molecular complexity index is 719. The number of ether oxygens (including phenoxy) is 1. The van der Waals surface area contributed by atoms with E-state index in [1.165, 1.54) is 0 Å². The van der Waals surface area contributed by atoms with Gasteiger partial charge >= 0.3 is 6.03 Å². The number of nitrogens with one attached hydrogen (secondary N) is 2. The van der Waals surface area contributed by atoms with Crippen molar-refractivity contribution in [2.24, 2.45) is 11.3 Å². The highest BCUT2D eigenvalue weighted by Gasteiger charge is 2.55. The summed E-state index contributed by atoms with van der Waals surface area (Å²) in [6, 6.07) is 7.76. The number of hydrogen-bond acceptors (Lipinski definition) is 3. The van der Waals surface area contributed by atoms with Crippen LogP contribution in [0, 0.1) is 11.3 Å². The number of benzene rings is 1. The van der Waals surface area contributed by atoms with Crippen LogP contribution in [0.4, 0.5) is 4.79 Å². The summed E-state index contributed by atoms with van der Waals surface area (Å²) in [4.78, 5) is 26.6. The number of amides is 3. The van der Waals surface area contributed by atoms with Crippen LogP contribution in [-0.2, 0) is 16.1 Å². The standard InChI is InChI=1S/C21H28ClN3O3/c1-25(18-6-7-28-13-18)19(26)15-8-21(9-15)10-17(11-21)24-20(27)23-12-14-2-4-16(22)5-3-14/h2-5,15,17-18H,6-13H2,1H3,(H2,23,24,27)/t15-,17-,18-,21?/m1/s1. The zero-order valence-corrected chi connectivity index (χ0v) is 17.0. The Balaban J connectivity index is 1.15. The van der Waals surface area contributed by atoms with Crippen LogP contribution in [0.2, 0.25) is 5.02 Å². The average Bonchev–Trinajstić information content (AvgIpc) is 3.15. The maximum atomic E-state index is 12.6. The zero-order chi connectivity index (χ0) is 19.7. The lowest BCUT2D eigenvalue weighted by molar-refractivity contribution is -0.150. The Morgan fingerprint density at radius 2 is 1.93 bits per heavy atom. The fourth-order valence-corrected chi connectivity index (χ4v) is 5.02. The molecule has 1 heterocycles. The lowest BCUT2D eigenvalue weighted by Gasteiger charge is -2.57. The third-order valence-electron chi connectivity index (χ3n) is 6.57. The van der Waals surface area contributed by atoms with Gasteiger partial charge in [0.25, 0.3) is 0 Å². The Hall–Kier alpha value is -1.79. The van der Waals surface area contributed by atoms with Gasteiger partial charge in [-0.25, -0.2) is 4.79 Å². The van der Waals surface area contributed by atoms with Gasteiger partial charge in [-0.3, -0.25) is 4.79 Å². The number of hydrogen-bond donors (Lipinski definition) is 2. The van der Waals surface area contributed by atoms with E-state index >= 15 is 0 Å². The molecule has 3 aliphatic rings. The molecule has 1 atom stereocenters. The van der Waals surface area contributed by atoms with Crippen LogP contribution in [0.25, 0.3) is 0 Å². The van der Waals surface area contributed by atoms with Crippen molar-refractivity contribution >= 4 is 23.5 Å². The van der Waals surface area contributed by atoms with Gasteiger partial charge < -0.3 is 20.3 Å². The maximum absolute atomic E-state index is 12.6. The minimum absolute atomic E-state index is 0.136. The number of urea groups is 1. The van der Waals surface area contributed by atoms with Gasteiger partial charge in [-0.15, -0.1) is 0 Å². The van der Waals surface area contributed by atoms with Gasteiger partial charge in [0.1, 0.15) is 0 Å². The van der Waals surface area contributed by atoms with Crippen molar-refractivity contribution in [2.75, 3.05) is 20.3 Å². The molecule has 3 amide bonds. The van der Waals surface area contributed by atoms with E-state index in [-0.39, 0.29) is 35.4 Å². The summed E-state index contributed by atoms with van der Waals surface area (Å²) in [5, 5.41) is 6.62. The van der Waals surface area contributed by atoms with Crippen molar-refractivity contribution in [2.45, 2.75) is 50.7 Å². The molecule has 6 nitrogen and oxygen atoms in total. The van der Waals surface area contributed by atoms with Crippen LogP contribution in [0.1, 0.15) is 37.7 Å². The van der Waals surface area contributed by atoms with E-state index in [1.807, 2.05) is 36.2 Å². The highest BCUT2D eigenvalue weighted by Crippen LogP contribution is 2.59. The smallest absolute Gasteiger partial charge is 0.315 e. The highest BCUT2D eigenvalue weighted by atomic mass is 35.5. The van der Waals surface area contributed by atoms with E-state index in [4.69, 9.17) is 16.3 Å². The molecule has 7 heteroatoms. The molecule has 3 fully saturated rings. The molecule has 1 aliphatic heterocycles. The monoisotopic (exact) mass is 405 g/mol. The SMILES string of the molecule is CN(C(=O)[C@H]1CC2(C[C@H](NC(=O)NCc3ccc(Cl)cc3)C2)C1)[C@@H]1CCOC1. The third-order valence-corrected chi connectivity index (χ3v) is 6.82. The first-order valence-corrected chi connectivity index (χ1v) is 10.5. The van der Waals surface area contributed by atoms with Crippen LogP contribution in [0.5, 0.6) is 0 Å². The molecule has 0 bridgehead atoms. The van der Waals surface area contributed by atoms with E-state index in [0.29, 0.717) is 18.2 Å². The molecule has 1 aromatic rings. The molecule has 1 spiro atoms. The van der Waals surface area contributed by atoms with Crippen LogP contribution in [0.3, 0.4) is 0 Å². The van der Waals surface area contributed by atoms with Gasteiger partial charge in [-0.2, -0.15) is 0 Å². The van der Waals surface area contributed by atoms with Crippen molar-refractivity contribution in [3.05, 3.63) is 34.9 Å². The number of halogens is 1. The topological polar surface area (TPSA) is 70.7 Å². The van der Waals surface area contributed by atoms with Crippen LogP contribution in [0.15, 0.2) is 24.3 Å². The van der Waals surface area contributed by atoms with Gasteiger partial charge in [-0.05, 0) is 55.2 Å². The highest BCUT2D eigenvalue weighted by molar-refractivity contribution is 6.30. The molecular weight excluding hydrogens is 378 g/mol. The molecule has 2 N–H and O–H groups in total. The summed E-state index contributed by atoms with van der Waals surface area (Å²) in [6.07, 6.45) is 4.79. The Labute approximate surface area is 170 Å². The summed E-state index contributed by atoms with van der Waals surface area (Å²) < 4.78 is 5.39. The second-order valence-electron chi connectivity index (χ2n) is 8.63. The Kier molecular flexibility index (Phi) is 5.52. The second-order valence-corrected chi connectivity index (χ2v) is 9.07. The number of carbonyl (C=O) groups excluding carboxylic acids is 2. The normalized spacial score (nSPS) is 31.0. The Morgan fingerprint density at radius 3 is 2.57 bits per heavy atom. The second kappa shape index (κ2) is 7.91. The van der Waals surface area contributed by atoms with Gasteiger partial charge in [-0.1, -0.05) is 23.7 Å². The van der Waals surface area contributed by atoms with Crippen LogP contribution in [-0.4, -0.2) is 49.2 Å². The van der Waals surface area contributed by atoms with E-state index in [1.54, 1.807) is 0 Å². The fraction of sp³-hybridized carbons (Fsp3) is 0.619. The first-order valence-electron chi connectivity index (χ1n) is 10.1. The first kappa shape index (κ1) is 19.5. The quantitative estimate of drug-likeness (QED) is 0.791. The van der Waals surface area contributed by atoms with Crippen molar-refractivity contribution in [3.8, 4) is 0 Å². The van der Waals surface area contributed by atoms with Crippen LogP contribution < -0.4 is 10.6 Å². The number of likely N-dealkylation sites (N-methyl/N-ethyl adjacent to an activating group) is 1. The summed E-state index contributed by atoms with van der Waals surface area (Å²) >= 11 is 5.87. The molecule has 0 radical (unpaired) electrons. The molecular formula is C21H28ClN3O3. The van der Waals surface area contributed by atoms with E-state index in [0.717, 1.165) is 44.3 Å². The first-order chi connectivity index (χ1) is 13.4. The molecule has 4 rings (SSSR count). The van der Waals surface area contributed by atoms with Crippen molar-refractivity contribution in [1.29, 1.82) is 0 Å². The lowest BCUT2D eigenvalue weighted by atomic mass is 9.50. The van der Waals surface area contributed by atoms with Crippen molar-refractivity contribution in [3.63, 3.8) is 0 Å². The van der Waals surface area contributed by atoms with Crippen molar-refractivity contribution in [1.82, 2.24) is 15.5 Å². The molecule has 2 saturated carbocycles. The van der Waals surface area contributed by atoms with Gasteiger partial charge in [0.15, 0.2) is 0 Å². The van der Waals surface area contributed by atoms with Gasteiger partial charge in [0.05, 0.1) is 12.6 Å². The number of nitrogens with zero attached hydrogens (tertiary/aromatic N) is 1.